The highest BCUT2D eigenvalue weighted by Gasteiger charge is 2.21. The lowest BCUT2D eigenvalue weighted by Gasteiger charge is -2.12. The van der Waals surface area contributed by atoms with Gasteiger partial charge in [0.25, 0.3) is 0 Å². The smallest absolute Gasteiger partial charge is 0.125 e. The molecule has 0 radical (unpaired) electrons. The Morgan fingerprint density at radius 1 is 1.35 bits per heavy atom. The zero-order valence-corrected chi connectivity index (χ0v) is 9.37. The van der Waals surface area contributed by atoms with Gasteiger partial charge in [0.2, 0.25) is 0 Å². The van der Waals surface area contributed by atoms with Gasteiger partial charge in [0, 0.05) is 12.1 Å². The van der Waals surface area contributed by atoms with Gasteiger partial charge >= 0.3 is 0 Å². The number of benzene rings is 1. The number of nitrogens with one attached hydrogen (secondary N) is 1. The molecule has 17 heavy (non-hydrogen) atoms. The highest BCUT2D eigenvalue weighted by molar-refractivity contribution is 5.66. The fourth-order valence-corrected chi connectivity index (χ4v) is 2.24. The summed E-state index contributed by atoms with van der Waals surface area (Å²) in [5, 5.41) is 21.3. The summed E-state index contributed by atoms with van der Waals surface area (Å²) >= 11 is 0. The van der Waals surface area contributed by atoms with Crippen molar-refractivity contribution in [2.24, 2.45) is 0 Å². The quantitative estimate of drug-likeness (QED) is 0.813. The summed E-state index contributed by atoms with van der Waals surface area (Å²) in [6.07, 6.45) is 2.75. The van der Waals surface area contributed by atoms with Crippen molar-refractivity contribution in [2.45, 2.75) is 12.5 Å². The van der Waals surface area contributed by atoms with Crippen LogP contribution >= 0.6 is 0 Å². The molecule has 1 aromatic heterocycles. The molecule has 1 aliphatic rings. The first-order chi connectivity index (χ1) is 8.36. The number of nitrogens with zero attached hydrogens (tertiary/aromatic N) is 3. The second-order valence-corrected chi connectivity index (χ2v) is 4.23. The molecule has 3 rings (SSSR count). The van der Waals surface area contributed by atoms with Crippen LogP contribution in [0, 0.1) is 0 Å². The lowest BCUT2D eigenvalue weighted by atomic mass is 10.1. The lowest BCUT2D eigenvalue weighted by molar-refractivity contribution is 0.467. The molecule has 1 fully saturated rings. The van der Waals surface area contributed by atoms with Gasteiger partial charge < -0.3 is 10.4 Å². The van der Waals surface area contributed by atoms with Crippen molar-refractivity contribution in [3.63, 3.8) is 0 Å². The number of rotatable bonds is 2. The molecule has 0 spiro atoms. The van der Waals surface area contributed by atoms with Crippen LogP contribution < -0.4 is 5.32 Å². The summed E-state index contributed by atoms with van der Waals surface area (Å²) < 4.78 is 1.90. The molecular weight excluding hydrogens is 216 g/mol. The van der Waals surface area contributed by atoms with E-state index in [0.717, 1.165) is 30.8 Å². The molecule has 1 saturated heterocycles. The van der Waals surface area contributed by atoms with E-state index in [2.05, 4.69) is 15.6 Å². The summed E-state index contributed by atoms with van der Waals surface area (Å²) in [6.45, 7) is 1.91. The van der Waals surface area contributed by atoms with Gasteiger partial charge in [0.05, 0.1) is 17.9 Å². The zero-order chi connectivity index (χ0) is 11.7. The summed E-state index contributed by atoms with van der Waals surface area (Å²) in [5.74, 6) is 0.266. The van der Waals surface area contributed by atoms with Gasteiger partial charge in [0.1, 0.15) is 5.75 Å². The SMILES string of the molecule is Oc1ccccc1-c1cnnn1C1CCNC1. The maximum absolute atomic E-state index is 9.87. The van der Waals surface area contributed by atoms with Crippen LogP contribution in [0.2, 0.25) is 0 Å². The average molecular weight is 230 g/mol. The van der Waals surface area contributed by atoms with Gasteiger partial charge in [0.15, 0.2) is 0 Å². The molecule has 1 unspecified atom stereocenters. The minimum atomic E-state index is 0.266. The fraction of sp³-hybridized carbons (Fsp3) is 0.333. The molecule has 1 atom stereocenters. The van der Waals surface area contributed by atoms with E-state index < -0.39 is 0 Å². The van der Waals surface area contributed by atoms with Crippen LogP contribution in [0.25, 0.3) is 11.3 Å². The minimum Gasteiger partial charge on any atom is -0.507 e. The van der Waals surface area contributed by atoms with Crippen LogP contribution in [0.4, 0.5) is 0 Å². The maximum atomic E-state index is 9.87. The predicted molar refractivity (Wildman–Crippen MR) is 63.6 cm³/mol. The molecule has 5 heteroatoms. The molecule has 0 amide bonds. The number of para-hydroxylation sites is 1. The second kappa shape index (κ2) is 4.18. The standard InChI is InChI=1S/C12H14N4O/c17-12-4-2-1-3-10(12)11-8-14-15-16(11)9-5-6-13-7-9/h1-4,8-9,13,17H,5-7H2. The van der Waals surface area contributed by atoms with Crippen LogP contribution in [0.5, 0.6) is 5.75 Å². The molecule has 0 aliphatic carbocycles. The molecule has 88 valence electrons. The number of hydrogen-bond acceptors (Lipinski definition) is 4. The highest BCUT2D eigenvalue weighted by Crippen LogP contribution is 2.30. The molecule has 1 aromatic carbocycles. The van der Waals surface area contributed by atoms with E-state index in [9.17, 15) is 5.11 Å². The number of phenols is 1. The predicted octanol–water partition coefficient (Wildman–Crippen LogP) is 1.19. The van der Waals surface area contributed by atoms with Crippen LogP contribution in [-0.2, 0) is 0 Å². The fourth-order valence-electron chi connectivity index (χ4n) is 2.24. The van der Waals surface area contributed by atoms with Gasteiger partial charge in [-0.3, -0.25) is 0 Å². The molecule has 2 aromatic rings. The molecule has 2 N–H and O–H groups in total. The summed E-state index contributed by atoms with van der Waals surface area (Å²) in [7, 11) is 0. The summed E-state index contributed by atoms with van der Waals surface area (Å²) in [6, 6.07) is 7.60. The van der Waals surface area contributed by atoms with Gasteiger partial charge in [-0.1, -0.05) is 17.3 Å². The van der Waals surface area contributed by atoms with E-state index in [1.807, 2.05) is 22.9 Å². The van der Waals surface area contributed by atoms with Gasteiger partial charge in [-0.2, -0.15) is 0 Å². The van der Waals surface area contributed by atoms with Gasteiger partial charge in [-0.15, -0.1) is 5.10 Å². The Hall–Kier alpha value is -1.88. The first kappa shape index (κ1) is 10.3. The molecular formula is C12H14N4O. The number of hydrogen-bond donors (Lipinski definition) is 2. The maximum Gasteiger partial charge on any atom is 0.125 e. The summed E-state index contributed by atoms with van der Waals surface area (Å²) in [5.41, 5.74) is 1.65. The normalized spacial score (nSPS) is 19.6. The third-order valence-electron chi connectivity index (χ3n) is 3.14. The van der Waals surface area contributed by atoms with Crippen molar-refractivity contribution in [2.75, 3.05) is 13.1 Å². The molecule has 5 nitrogen and oxygen atoms in total. The first-order valence-electron chi connectivity index (χ1n) is 5.75. The van der Waals surface area contributed by atoms with E-state index >= 15 is 0 Å². The number of aromatic hydroxyl groups is 1. The highest BCUT2D eigenvalue weighted by atomic mass is 16.3. The van der Waals surface area contributed by atoms with Gasteiger partial charge in [-0.05, 0) is 25.1 Å². The minimum absolute atomic E-state index is 0.266. The Balaban J connectivity index is 2.04. The zero-order valence-electron chi connectivity index (χ0n) is 9.37. The Morgan fingerprint density at radius 2 is 2.24 bits per heavy atom. The van der Waals surface area contributed by atoms with E-state index in [1.165, 1.54) is 0 Å². The van der Waals surface area contributed by atoms with E-state index in [1.54, 1.807) is 12.3 Å². The van der Waals surface area contributed by atoms with E-state index in [-0.39, 0.29) is 5.75 Å². The Bertz CT molecular complexity index is 517. The van der Waals surface area contributed by atoms with E-state index in [4.69, 9.17) is 0 Å². The Labute approximate surface area is 99.1 Å². The van der Waals surface area contributed by atoms with E-state index in [0.29, 0.717) is 6.04 Å². The Kier molecular flexibility index (Phi) is 2.53. The van der Waals surface area contributed by atoms with Crippen LogP contribution in [-0.4, -0.2) is 33.2 Å². The van der Waals surface area contributed by atoms with Crippen LogP contribution in [0.1, 0.15) is 12.5 Å². The van der Waals surface area contributed by atoms with Crippen molar-refractivity contribution < 1.29 is 5.11 Å². The van der Waals surface area contributed by atoms with Crippen LogP contribution in [0.15, 0.2) is 30.5 Å². The molecule has 0 saturated carbocycles. The third kappa shape index (κ3) is 1.78. The van der Waals surface area contributed by atoms with Crippen molar-refractivity contribution in [1.82, 2.24) is 20.3 Å². The van der Waals surface area contributed by atoms with Crippen LogP contribution in [0.3, 0.4) is 0 Å². The van der Waals surface area contributed by atoms with Crippen molar-refractivity contribution in [3.05, 3.63) is 30.5 Å². The molecule has 0 bridgehead atoms. The van der Waals surface area contributed by atoms with Crippen molar-refractivity contribution in [3.8, 4) is 17.0 Å². The van der Waals surface area contributed by atoms with Gasteiger partial charge in [-0.25, -0.2) is 4.68 Å². The molecule has 2 heterocycles. The second-order valence-electron chi connectivity index (χ2n) is 4.23. The lowest BCUT2D eigenvalue weighted by Crippen LogP contribution is -2.15. The monoisotopic (exact) mass is 230 g/mol. The van der Waals surface area contributed by atoms with Crippen molar-refractivity contribution in [1.29, 1.82) is 0 Å². The van der Waals surface area contributed by atoms with Crippen molar-refractivity contribution >= 4 is 0 Å². The Morgan fingerprint density at radius 3 is 3.00 bits per heavy atom. The number of phenolic OH excluding ortho intramolecular Hbond substituents is 1. The largest absolute Gasteiger partial charge is 0.507 e. The topological polar surface area (TPSA) is 63.0 Å². The molecule has 1 aliphatic heterocycles. The summed E-state index contributed by atoms with van der Waals surface area (Å²) in [4.78, 5) is 0. The third-order valence-corrected chi connectivity index (χ3v) is 3.14. The number of aromatic nitrogens is 3. The average Bonchev–Trinajstić information content (AvgIpc) is 3.00. The first-order valence-corrected chi connectivity index (χ1v) is 5.75.